The predicted molar refractivity (Wildman–Crippen MR) is 80.3 cm³/mol. The van der Waals surface area contributed by atoms with Gasteiger partial charge in [-0.05, 0) is 44.6 Å². The molecule has 0 atom stereocenters. The molecule has 2 fully saturated rings. The van der Waals surface area contributed by atoms with Crippen molar-refractivity contribution in [3.8, 4) is 0 Å². The van der Waals surface area contributed by atoms with E-state index in [1.54, 1.807) is 11.0 Å². The number of carbonyl (C=O) groups excluding carboxylic acids is 2. The first-order valence-electron chi connectivity index (χ1n) is 8.26. The number of rotatable bonds is 3. The van der Waals surface area contributed by atoms with Crippen LogP contribution in [-0.2, 0) is 9.53 Å². The summed E-state index contributed by atoms with van der Waals surface area (Å²) in [5.41, 5.74) is 0.572. The summed E-state index contributed by atoms with van der Waals surface area (Å²) < 4.78 is 10.6. The number of likely N-dealkylation sites (tertiary alicyclic amines) is 1. The molecular weight excluding hydrogens is 282 g/mol. The van der Waals surface area contributed by atoms with Crippen LogP contribution >= 0.6 is 0 Å². The lowest BCUT2D eigenvalue weighted by Crippen LogP contribution is -2.41. The number of piperidine rings is 1. The van der Waals surface area contributed by atoms with Crippen LogP contribution in [0.15, 0.2) is 23.0 Å². The molecular formula is C17H23NO4. The monoisotopic (exact) mass is 305 g/mol. The maximum absolute atomic E-state index is 12.2. The van der Waals surface area contributed by atoms with E-state index in [0.717, 1.165) is 25.7 Å². The first-order chi connectivity index (χ1) is 10.7. The standard InChI is InChI=1S/C17H23NO4/c19-16(14-8-11-21-12-14)18-9-6-13(7-10-18)17(20)22-15-4-2-1-3-5-15/h8,11-13,15H,1-7,9-10H2. The van der Waals surface area contributed by atoms with E-state index in [9.17, 15) is 9.59 Å². The highest BCUT2D eigenvalue weighted by Crippen LogP contribution is 2.25. The molecule has 2 heterocycles. The Morgan fingerprint density at radius 3 is 2.45 bits per heavy atom. The van der Waals surface area contributed by atoms with Gasteiger partial charge in [-0.25, -0.2) is 0 Å². The molecule has 1 aliphatic heterocycles. The highest BCUT2D eigenvalue weighted by Gasteiger charge is 2.30. The van der Waals surface area contributed by atoms with Gasteiger partial charge in [0, 0.05) is 13.1 Å². The smallest absolute Gasteiger partial charge is 0.309 e. The molecule has 1 saturated carbocycles. The molecule has 1 aliphatic carbocycles. The first-order valence-corrected chi connectivity index (χ1v) is 8.26. The molecule has 5 nitrogen and oxygen atoms in total. The zero-order valence-corrected chi connectivity index (χ0v) is 12.8. The number of hydrogen-bond acceptors (Lipinski definition) is 4. The summed E-state index contributed by atoms with van der Waals surface area (Å²) in [5, 5.41) is 0. The summed E-state index contributed by atoms with van der Waals surface area (Å²) in [4.78, 5) is 26.2. The summed E-state index contributed by atoms with van der Waals surface area (Å²) in [5.74, 6) is -0.148. The molecule has 1 amide bonds. The lowest BCUT2D eigenvalue weighted by molar-refractivity contribution is -0.157. The molecule has 5 heteroatoms. The van der Waals surface area contributed by atoms with Crippen molar-refractivity contribution < 1.29 is 18.7 Å². The second-order valence-corrected chi connectivity index (χ2v) is 6.28. The topological polar surface area (TPSA) is 59.8 Å². The molecule has 0 bridgehead atoms. The lowest BCUT2D eigenvalue weighted by atomic mass is 9.95. The number of nitrogens with zero attached hydrogens (tertiary/aromatic N) is 1. The van der Waals surface area contributed by atoms with Crippen molar-refractivity contribution >= 4 is 11.9 Å². The highest BCUT2D eigenvalue weighted by atomic mass is 16.5. The number of amides is 1. The largest absolute Gasteiger partial charge is 0.472 e. The van der Waals surface area contributed by atoms with Crippen molar-refractivity contribution in [3.63, 3.8) is 0 Å². The maximum atomic E-state index is 12.2. The van der Waals surface area contributed by atoms with Crippen LogP contribution in [0.3, 0.4) is 0 Å². The first kappa shape index (κ1) is 15.1. The molecule has 120 valence electrons. The summed E-state index contributed by atoms with van der Waals surface area (Å²) in [6, 6.07) is 1.67. The molecule has 0 N–H and O–H groups in total. The lowest BCUT2D eigenvalue weighted by Gasteiger charge is -2.32. The third kappa shape index (κ3) is 3.51. The Bertz CT molecular complexity index is 497. The number of furan rings is 1. The van der Waals surface area contributed by atoms with E-state index in [4.69, 9.17) is 9.15 Å². The van der Waals surface area contributed by atoms with Gasteiger partial charge in [0.25, 0.3) is 5.91 Å². The van der Waals surface area contributed by atoms with Crippen LogP contribution in [0.4, 0.5) is 0 Å². The molecule has 0 spiro atoms. The molecule has 0 radical (unpaired) electrons. The van der Waals surface area contributed by atoms with E-state index in [1.165, 1.54) is 18.9 Å². The van der Waals surface area contributed by atoms with Gasteiger partial charge in [0.15, 0.2) is 0 Å². The summed E-state index contributed by atoms with van der Waals surface area (Å²) in [6.07, 6.45) is 10.0. The molecule has 1 aromatic rings. The van der Waals surface area contributed by atoms with Crippen LogP contribution in [0.1, 0.15) is 55.3 Å². The van der Waals surface area contributed by atoms with Crippen LogP contribution in [0, 0.1) is 5.92 Å². The average molecular weight is 305 g/mol. The Morgan fingerprint density at radius 1 is 1.09 bits per heavy atom. The highest BCUT2D eigenvalue weighted by molar-refractivity contribution is 5.94. The van der Waals surface area contributed by atoms with Gasteiger partial charge in [0.05, 0.1) is 17.7 Å². The second-order valence-electron chi connectivity index (χ2n) is 6.28. The van der Waals surface area contributed by atoms with Crippen molar-refractivity contribution in [3.05, 3.63) is 24.2 Å². The molecule has 2 aliphatic rings. The third-order valence-corrected chi connectivity index (χ3v) is 4.72. The number of carbonyl (C=O) groups is 2. The summed E-state index contributed by atoms with van der Waals surface area (Å²) in [7, 11) is 0. The number of ether oxygens (including phenoxy) is 1. The van der Waals surface area contributed by atoms with Gasteiger partial charge in [0.1, 0.15) is 12.4 Å². The maximum Gasteiger partial charge on any atom is 0.309 e. The SMILES string of the molecule is O=C(OC1CCCCC1)C1CCN(C(=O)c2ccoc2)CC1. The molecule has 1 aromatic heterocycles. The van der Waals surface area contributed by atoms with Crippen molar-refractivity contribution in [2.45, 2.75) is 51.0 Å². The van der Waals surface area contributed by atoms with Gasteiger partial charge in [-0.2, -0.15) is 0 Å². The fourth-order valence-corrected chi connectivity index (χ4v) is 3.33. The second kappa shape index (κ2) is 6.99. The zero-order chi connectivity index (χ0) is 15.4. The number of hydrogen-bond donors (Lipinski definition) is 0. The Kier molecular flexibility index (Phi) is 4.80. The van der Waals surface area contributed by atoms with Gasteiger partial charge < -0.3 is 14.1 Å². The summed E-state index contributed by atoms with van der Waals surface area (Å²) in [6.45, 7) is 1.21. The van der Waals surface area contributed by atoms with Crippen LogP contribution in [0.2, 0.25) is 0 Å². The van der Waals surface area contributed by atoms with Gasteiger partial charge in [-0.15, -0.1) is 0 Å². The van der Waals surface area contributed by atoms with Gasteiger partial charge in [0.2, 0.25) is 0 Å². The Hall–Kier alpha value is -1.78. The van der Waals surface area contributed by atoms with Crippen molar-refractivity contribution in [2.24, 2.45) is 5.92 Å². The van der Waals surface area contributed by atoms with Crippen molar-refractivity contribution in [2.75, 3.05) is 13.1 Å². The quantitative estimate of drug-likeness (QED) is 0.805. The molecule has 0 aromatic carbocycles. The fourth-order valence-electron chi connectivity index (χ4n) is 3.33. The van der Waals surface area contributed by atoms with Gasteiger partial charge >= 0.3 is 5.97 Å². The Morgan fingerprint density at radius 2 is 1.82 bits per heavy atom. The Labute approximate surface area is 130 Å². The van der Waals surface area contributed by atoms with Crippen LogP contribution < -0.4 is 0 Å². The van der Waals surface area contributed by atoms with E-state index in [0.29, 0.717) is 31.5 Å². The molecule has 3 rings (SSSR count). The van der Waals surface area contributed by atoms with E-state index < -0.39 is 0 Å². The molecule has 0 unspecified atom stereocenters. The minimum Gasteiger partial charge on any atom is -0.472 e. The van der Waals surface area contributed by atoms with E-state index in [2.05, 4.69) is 0 Å². The minimum atomic E-state index is -0.0673. The Balaban J connectivity index is 1.46. The summed E-state index contributed by atoms with van der Waals surface area (Å²) >= 11 is 0. The van der Waals surface area contributed by atoms with E-state index in [1.807, 2.05) is 0 Å². The van der Waals surface area contributed by atoms with Gasteiger partial charge in [-0.3, -0.25) is 9.59 Å². The average Bonchev–Trinajstić information content (AvgIpc) is 3.10. The van der Waals surface area contributed by atoms with Gasteiger partial charge in [-0.1, -0.05) is 6.42 Å². The predicted octanol–water partition coefficient (Wildman–Crippen LogP) is 3.01. The third-order valence-electron chi connectivity index (χ3n) is 4.72. The van der Waals surface area contributed by atoms with Crippen LogP contribution in [0.25, 0.3) is 0 Å². The van der Waals surface area contributed by atoms with Crippen molar-refractivity contribution in [1.29, 1.82) is 0 Å². The zero-order valence-electron chi connectivity index (χ0n) is 12.8. The van der Waals surface area contributed by atoms with Crippen molar-refractivity contribution in [1.82, 2.24) is 4.90 Å². The molecule has 22 heavy (non-hydrogen) atoms. The van der Waals surface area contributed by atoms with E-state index >= 15 is 0 Å². The van der Waals surface area contributed by atoms with E-state index in [-0.39, 0.29) is 23.9 Å². The van der Waals surface area contributed by atoms with Crippen LogP contribution in [-0.4, -0.2) is 36.0 Å². The minimum absolute atomic E-state index is 0.0205. The molecule has 1 saturated heterocycles. The normalized spacial score (nSPS) is 20.8. The fraction of sp³-hybridized carbons (Fsp3) is 0.647. The van der Waals surface area contributed by atoms with Crippen LogP contribution in [0.5, 0.6) is 0 Å². The number of esters is 1.